The van der Waals surface area contributed by atoms with E-state index in [4.69, 9.17) is 11.5 Å². The standard InChI is InChI=1S/C12H22N4O/c1-4-9-8-10(5-2)16(15-9)7-6-12(3,14)11(13)17/h8H,4-7,14H2,1-3H3,(H2,13,17). The van der Waals surface area contributed by atoms with E-state index in [1.807, 2.05) is 4.68 Å². The molecule has 0 aliphatic carbocycles. The van der Waals surface area contributed by atoms with E-state index >= 15 is 0 Å². The van der Waals surface area contributed by atoms with Gasteiger partial charge in [0.05, 0.1) is 11.2 Å². The molecule has 1 aromatic heterocycles. The van der Waals surface area contributed by atoms with E-state index in [0.29, 0.717) is 13.0 Å². The maximum atomic E-state index is 11.1. The third kappa shape index (κ3) is 3.30. The molecule has 1 amide bonds. The molecule has 0 aliphatic rings. The van der Waals surface area contributed by atoms with Crippen LogP contribution in [0.25, 0.3) is 0 Å². The van der Waals surface area contributed by atoms with Crippen molar-refractivity contribution >= 4 is 5.91 Å². The molecule has 0 spiro atoms. The Labute approximate surface area is 102 Å². The average molecular weight is 238 g/mol. The summed E-state index contributed by atoms with van der Waals surface area (Å²) in [5.74, 6) is -0.474. The highest BCUT2D eigenvalue weighted by atomic mass is 16.1. The van der Waals surface area contributed by atoms with Crippen LogP contribution in [0.3, 0.4) is 0 Å². The Morgan fingerprint density at radius 3 is 2.59 bits per heavy atom. The summed E-state index contributed by atoms with van der Waals surface area (Å²) in [4.78, 5) is 11.1. The molecule has 1 rings (SSSR count). The van der Waals surface area contributed by atoms with Crippen LogP contribution in [-0.4, -0.2) is 21.2 Å². The first-order chi connectivity index (χ1) is 7.90. The highest BCUT2D eigenvalue weighted by Crippen LogP contribution is 2.11. The van der Waals surface area contributed by atoms with Gasteiger partial charge in [-0.3, -0.25) is 9.48 Å². The van der Waals surface area contributed by atoms with Crippen molar-refractivity contribution in [2.45, 2.75) is 52.1 Å². The van der Waals surface area contributed by atoms with Gasteiger partial charge in [-0.25, -0.2) is 0 Å². The summed E-state index contributed by atoms with van der Waals surface area (Å²) < 4.78 is 1.92. The van der Waals surface area contributed by atoms with Gasteiger partial charge in [0.25, 0.3) is 0 Å². The van der Waals surface area contributed by atoms with Gasteiger partial charge in [-0.05, 0) is 32.3 Å². The Hall–Kier alpha value is -1.36. The van der Waals surface area contributed by atoms with Gasteiger partial charge < -0.3 is 11.5 Å². The molecule has 0 saturated carbocycles. The smallest absolute Gasteiger partial charge is 0.237 e. The minimum absolute atomic E-state index is 0.474. The molecule has 4 N–H and O–H groups in total. The minimum Gasteiger partial charge on any atom is -0.368 e. The number of nitrogens with two attached hydrogens (primary N) is 2. The van der Waals surface area contributed by atoms with Crippen LogP contribution >= 0.6 is 0 Å². The molecule has 17 heavy (non-hydrogen) atoms. The highest BCUT2D eigenvalue weighted by molar-refractivity contribution is 5.83. The number of hydrogen-bond acceptors (Lipinski definition) is 3. The summed E-state index contributed by atoms with van der Waals surface area (Å²) in [6.07, 6.45) is 2.33. The van der Waals surface area contributed by atoms with Crippen LogP contribution in [0, 0.1) is 0 Å². The van der Waals surface area contributed by atoms with Crippen LogP contribution in [0.15, 0.2) is 6.07 Å². The molecule has 1 atom stereocenters. The molecular weight excluding hydrogens is 216 g/mol. The second-order valence-corrected chi connectivity index (χ2v) is 4.59. The first kappa shape index (κ1) is 13.7. The summed E-state index contributed by atoms with van der Waals surface area (Å²) in [5, 5.41) is 4.47. The van der Waals surface area contributed by atoms with Crippen LogP contribution in [0.1, 0.15) is 38.6 Å². The Morgan fingerprint density at radius 1 is 1.47 bits per heavy atom. The third-order valence-corrected chi connectivity index (χ3v) is 3.04. The van der Waals surface area contributed by atoms with E-state index in [1.165, 1.54) is 5.69 Å². The van der Waals surface area contributed by atoms with E-state index in [1.54, 1.807) is 6.92 Å². The van der Waals surface area contributed by atoms with Gasteiger partial charge in [0, 0.05) is 12.2 Å². The van der Waals surface area contributed by atoms with Gasteiger partial charge in [0.2, 0.25) is 5.91 Å². The van der Waals surface area contributed by atoms with Crippen molar-refractivity contribution in [3.63, 3.8) is 0 Å². The summed E-state index contributed by atoms with van der Waals surface area (Å²) >= 11 is 0. The topological polar surface area (TPSA) is 86.9 Å². The Kier molecular flexibility index (Phi) is 4.28. The molecule has 5 nitrogen and oxygen atoms in total. The number of hydrogen-bond donors (Lipinski definition) is 2. The number of carbonyl (C=O) groups is 1. The van der Waals surface area contributed by atoms with Crippen LogP contribution in [0.2, 0.25) is 0 Å². The maximum absolute atomic E-state index is 11.1. The van der Waals surface area contributed by atoms with Crippen molar-refractivity contribution in [2.75, 3.05) is 0 Å². The van der Waals surface area contributed by atoms with Gasteiger partial charge >= 0.3 is 0 Å². The number of primary amides is 1. The van der Waals surface area contributed by atoms with E-state index in [9.17, 15) is 4.79 Å². The van der Waals surface area contributed by atoms with Crippen molar-refractivity contribution in [2.24, 2.45) is 11.5 Å². The average Bonchev–Trinajstić information content (AvgIpc) is 2.68. The van der Waals surface area contributed by atoms with E-state index in [-0.39, 0.29) is 0 Å². The lowest BCUT2D eigenvalue weighted by Gasteiger charge is -2.20. The zero-order valence-electron chi connectivity index (χ0n) is 10.9. The predicted octanol–water partition coefficient (Wildman–Crippen LogP) is 0.601. The van der Waals surface area contributed by atoms with E-state index in [0.717, 1.165) is 18.5 Å². The Bertz CT molecular complexity index is 395. The fraction of sp³-hybridized carbons (Fsp3) is 0.667. The molecule has 0 bridgehead atoms. The number of aromatic nitrogens is 2. The van der Waals surface area contributed by atoms with Crippen LogP contribution < -0.4 is 11.5 Å². The van der Waals surface area contributed by atoms with Crippen LogP contribution in [0.5, 0.6) is 0 Å². The molecule has 1 unspecified atom stereocenters. The zero-order valence-corrected chi connectivity index (χ0v) is 10.9. The van der Waals surface area contributed by atoms with Crippen molar-refractivity contribution in [3.05, 3.63) is 17.5 Å². The van der Waals surface area contributed by atoms with Crippen molar-refractivity contribution < 1.29 is 4.79 Å². The van der Waals surface area contributed by atoms with Gasteiger partial charge in [-0.1, -0.05) is 13.8 Å². The maximum Gasteiger partial charge on any atom is 0.237 e. The SMILES string of the molecule is CCc1cc(CC)n(CCC(C)(N)C(N)=O)n1. The quantitative estimate of drug-likeness (QED) is 0.761. The summed E-state index contributed by atoms with van der Waals surface area (Å²) in [7, 11) is 0. The Balaban J connectivity index is 2.75. The Morgan fingerprint density at radius 2 is 2.12 bits per heavy atom. The molecule has 5 heteroatoms. The molecule has 0 radical (unpaired) electrons. The number of carbonyl (C=O) groups excluding carboxylic acids is 1. The van der Waals surface area contributed by atoms with Gasteiger partial charge in [0.1, 0.15) is 0 Å². The largest absolute Gasteiger partial charge is 0.368 e. The van der Waals surface area contributed by atoms with Gasteiger partial charge in [-0.2, -0.15) is 5.10 Å². The lowest BCUT2D eigenvalue weighted by atomic mass is 9.99. The number of aryl methyl sites for hydroxylation is 3. The number of nitrogens with zero attached hydrogens (tertiary/aromatic N) is 2. The van der Waals surface area contributed by atoms with E-state index in [2.05, 4.69) is 25.0 Å². The molecule has 0 saturated heterocycles. The normalized spacial score (nSPS) is 14.6. The number of rotatable bonds is 6. The molecule has 1 aromatic rings. The molecule has 96 valence electrons. The highest BCUT2D eigenvalue weighted by Gasteiger charge is 2.25. The lowest BCUT2D eigenvalue weighted by Crippen LogP contribution is -2.49. The van der Waals surface area contributed by atoms with Crippen molar-refractivity contribution in [1.82, 2.24) is 9.78 Å². The van der Waals surface area contributed by atoms with Gasteiger partial charge in [0.15, 0.2) is 0 Å². The van der Waals surface area contributed by atoms with Crippen LogP contribution in [0.4, 0.5) is 0 Å². The minimum atomic E-state index is -0.969. The second kappa shape index (κ2) is 5.31. The predicted molar refractivity (Wildman–Crippen MR) is 67.4 cm³/mol. The summed E-state index contributed by atoms with van der Waals surface area (Å²) in [6.45, 7) is 6.44. The fourth-order valence-electron chi connectivity index (χ4n) is 1.63. The molecule has 1 heterocycles. The summed E-state index contributed by atoms with van der Waals surface area (Å²) in [5.41, 5.74) is 12.3. The molecule has 0 fully saturated rings. The van der Waals surface area contributed by atoms with Gasteiger partial charge in [-0.15, -0.1) is 0 Å². The summed E-state index contributed by atoms with van der Waals surface area (Å²) in [6, 6.07) is 2.10. The monoisotopic (exact) mass is 238 g/mol. The number of amides is 1. The van der Waals surface area contributed by atoms with Crippen molar-refractivity contribution in [3.8, 4) is 0 Å². The van der Waals surface area contributed by atoms with E-state index < -0.39 is 11.4 Å². The molecule has 0 aromatic carbocycles. The zero-order chi connectivity index (χ0) is 13.1. The van der Waals surface area contributed by atoms with Crippen molar-refractivity contribution in [1.29, 1.82) is 0 Å². The third-order valence-electron chi connectivity index (χ3n) is 3.04. The molecule has 0 aliphatic heterocycles. The fourth-order valence-corrected chi connectivity index (χ4v) is 1.63. The first-order valence-electron chi connectivity index (χ1n) is 6.05. The van der Waals surface area contributed by atoms with Crippen LogP contribution in [-0.2, 0) is 24.2 Å². The lowest BCUT2D eigenvalue weighted by molar-refractivity contribution is -0.122. The second-order valence-electron chi connectivity index (χ2n) is 4.59. The first-order valence-corrected chi connectivity index (χ1v) is 6.05. The molecular formula is C12H22N4O.